The van der Waals surface area contributed by atoms with Gasteiger partial charge in [-0.1, -0.05) is 23.7 Å². The van der Waals surface area contributed by atoms with Crippen molar-refractivity contribution in [2.75, 3.05) is 5.32 Å². The summed E-state index contributed by atoms with van der Waals surface area (Å²) in [6.07, 6.45) is -0.312. The molecule has 2 N–H and O–H groups in total. The first-order chi connectivity index (χ1) is 13.0. The van der Waals surface area contributed by atoms with Crippen LogP contribution in [0.15, 0.2) is 22.7 Å². The van der Waals surface area contributed by atoms with Gasteiger partial charge in [0, 0.05) is 11.1 Å². The smallest absolute Gasteiger partial charge is 0.261 e. The van der Waals surface area contributed by atoms with E-state index in [1.54, 1.807) is 39.0 Å². The number of carbonyl (C=O) groups is 2. The molecule has 2 amide bonds. The first kappa shape index (κ1) is 21.8. The van der Waals surface area contributed by atoms with Crippen molar-refractivity contribution >= 4 is 29.2 Å². The lowest BCUT2D eigenvalue weighted by Crippen LogP contribution is -2.55. The molecular weight excluding hydrogens is 382 g/mol. The van der Waals surface area contributed by atoms with Crippen LogP contribution in [0, 0.1) is 20.8 Å². The predicted molar refractivity (Wildman–Crippen MR) is 108 cm³/mol. The molecule has 8 heteroatoms. The fourth-order valence-electron chi connectivity index (χ4n) is 2.60. The molecule has 2 aromatic rings. The van der Waals surface area contributed by atoms with Gasteiger partial charge in [0.05, 0.1) is 0 Å². The number of hydrogen-bond acceptors (Lipinski definition) is 5. The molecular formula is C20H26ClN3O4. The number of aromatic nitrogens is 1. The molecule has 0 radical (unpaired) electrons. The summed E-state index contributed by atoms with van der Waals surface area (Å²) < 4.78 is 10.8. The number of halogens is 1. The van der Waals surface area contributed by atoms with Gasteiger partial charge in [-0.3, -0.25) is 9.59 Å². The standard InChI is InChI=1S/C20H26ClN3O4/c1-7-15(27-14-8-11(2)17(21)12(3)9-14)18(25)23-20(5,6)19(26)22-16-10-13(4)28-24-16/h8-10,15H,7H2,1-6H3,(H,23,25)(H,22,24,26). The van der Waals surface area contributed by atoms with E-state index in [0.29, 0.717) is 28.8 Å². The zero-order chi connectivity index (χ0) is 21.1. The maximum absolute atomic E-state index is 12.7. The van der Waals surface area contributed by atoms with E-state index >= 15 is 0 Å². The zero-order valence-corrected chi connectivity index (χ0v) is 17.7. The molecule has 1 atom stereocenters. The van der Waals surface area contributed by atoms with Gasteiger partial charge in [0.1, 0.15) is 17.0 Å². The molecule has 152 valence electrons. The van der Waals surface area contributed by atoms with Crippen LogP contribution in [0.2, 0.25) is 5.02 Å². The quantitative estimate of drug-likeness (QED) is 0.724. The molecule has 1 unspecified atom stereocenters. The average Bonchev–Trinajstić information content (AvgIpc) is 3.01. The third-order valence-electron chi connectivity index (χ3n) is 4.22. The highest BCUT2D eigenvalue weighted by molar-refractivity contribution is 6.32. The van der Waals surface area contributed by atoms with Gasteiger partial charge in [0.15, 0.2) is 11.9 Å². The molecule has 0 bridgehead atoms. The Kier molecular flexibility index (Phi) is 6.72. The molecule has 0 saturated carbocycles. The first-order valence-electron chi connectivity index (χ1n) is 9.03. The van der Waals surface area contributed by atoms with E-state index in [0.717, 1.165) is 11.1 Å². The number of hydrogen-bond donors (Lipinski definition) is 2. The summed E-state index contributed by atoms with van der Waals surface area (Å²) in [7, 11) is 0. The number of carbonyl (C=O) groups excluding carboxylic acids is 2. The summed E-state index contributed by atoms with van der Waals surface area (Å²) in [5.41, 5.74) is 0.566. The summed E-state index contributed by atoms with van der Waals surface area (Å²) in [5.74, 6) is 0.624. The molecule has 2 rings (SSSR count). The number of benzene rings is 1. The van der Waals surface area contributed by atoms with Crippen LogP contribution in [-0.4, -0.2) is 28.6 Å². The van der Waals surface area contributed by atoms with Crippen molar-refractivity contribution in [3.63, 3.8) is 0 Å². The Morgan fingerprint density at radius 2 is 1.82 bits per heavy atom. The van der Waals surface area contributed by atoms with E-state index in [1.807, 2.05) is 20.8 Å². The molecule has 0 aliphatic heterocycles. The maximum atomic E-state index is 12.7. The van der Waals surface area contributed by atoms with Crippen LogP contribution in [0.5, 0.6) is 5.75 Å². The van der Waals surface area contributed by atoms with Crippen LogP contribution in [0.25, 0.3) is 0 Å². The van der Waals surface area contributed by atoms with E-state index in [4.69, 9.17) is 20.9 Å². The van der Waals surface area contributed by atoms with Crippen LogP contribution in [0.4, 0.5) is 5.82 Å². The Labute approximate surface area is 169 Å². The van der Waals surface area contributed by atoms with Crippen LogP contribution >= 0.6 is 11.6 Å². The van der Waals surface area contributed by atoms with Gasteiger partial charge in [0.2, 0.25) is 0 Å². The lowest BCUT2D eigenvalue weighted by atomic mass is 10.0. The highest BCUT2D eigenvalue weighted by atomic mass is 35.5. The molecule has 28 heavy (non-hydrogen) atoms. The van der Waals surface area contributed by atoms with E-state index in [-0.39, 0.29) is 5.91 Å². The van der Waals surface area contributed by atoms with Crippen molar-refractivity contribution in [1.29, 1.82) is 0 Å². The molecule has 0 saturated heterocycles. The Balaban J connectivity index is 2.06. The van der Waals surface area contributed by atoms with Gasteiger partial charge in [-0.25, -0.2) is 0 Å². The normalized spacial score (nSPS) is 12.4. The molecule has 1 aromatic heterocycles. The first-order valence-corrected chi connectivity index (χ1v) is 9.41. The highest BCUT2D eigenvalue weighted by Crippen LogP contribution is 2.27. The van der Waals surface area contributed by atoms with Gasteiger partial charge < -0.3 is 19.9 Å². The monoisotopic (exact) mass is 407 g/mol. The summed E-state index contributed by atoms with van der Waals surface area (Å²) >= 11 is 6.18. The van der Waals surface area contributed by atoms with Crippen molar-refractivity contribution in [2.45, 2.75) is 59.6 Å². The van der Waals surface area contributed by atoms with E-state index in [9.17, 15) is 9.59 Å². The molecule has 7 nitrogen and oxygen atoms in total. The minimum absolute atomic E-state index is 0.292. The lowest BCUT2D eigenvalue weighted by molar-refractivity contribution is -0.134. The molecule has 0 aliphatic carbocycles. The number of aryl methyl sites for hydroxylation is 3. The fraction of sp³-hybridized carbons (Fsp3) is 0.450. The summed E-state index contributed by atoms with van der Waals surface area (Å²) in [4.78, 5) is 25.2. The number of anilines is 1. The third kappa shape index (κ3) is 5.25. The van der Waals surface area contributed by atoms with E-state index in [1.165, 1.54) is 0 Å². The fourth-order valence-corrected chi connectivity index (χ4v) is 2.71. The number of nitrogens with one attached hydrogen (secondary N) is 2. The summed E-state index contributed by atoms with van der Waals surface area (Å²) in [6, 6.07) is 5.17. The van der Waals surface area contributed by atoms with Crippen molar-refractivity contribution in [2.24, 2.45) is 0 Å². The Morgan fingerprint density at radius 3 is 2.32 bits per heavy atom. The third-order valence-corrected chi connectivity index (χ3v) is 4.82. The zero-order valence-electron chi connectivity index (χ0n) is 17.0. The molecule has 1 heterocycles. The van der Waals surface area contributed by atoms with Crippen molar-refractivity contribution < 1.29 is 18.8 Å². The van der Waals surface area contributed by atoms with Crippen LogP contribution in [0.3, 0.4) is 0 Å². The van der Waals surface area contributed by atoms with Gasteiger partial charge in [-0.05, 0) is 64.3 Å². The topological polar surface area (TPSA) is 93.5 Å². The van der Waals surface area contributed by atoms with Crippen molar-refractivity contribution in [1.82, 2.24) is 10.5 Å². The Morgan fingerprint density at radius 1 is 1.21 bits per heavy atom. The number of amides is 2. The van der Waals surface area contributed by atoms with Crippen molar-refractivity contribution in [3.8, 4) is 5.75 Å². The van der Waals surface area contributed by atoms with Gasteiger partial charge in [0.25, 0.3) is 11.8 Å². The number of rotatable bonds is 7. The van der Waals surface area contributed by atoms with Gasteiger partial charge in [-0.2, -0.15) is 0 Å². The lowest BCUT2D eigenvalue weighted by Gasteiger charge is -2.27. The number of ether oxygens (including phenoxy) is 1. The Hall–Kier alpha value is -2.54. The second-order valence-electron chi connectivity index (χ2n) is 7.28. The SMILES string of the molecule is CCC(Oc1cc(C)c(Cl)c(C)c1)C(=O)NC(C)(C)C(=O)Nc1cc(C)on1. The van der Waals surface area contributed by atoms with Crippen LogP contribution < -0.4 is 15.4 Å². The molecule has 0 aliphatic rings. The van der Waals surface area contributed by atoms with Crippen LogP contribution in [0.1, 0.15) is 44.1 Å². The maximum Gasteiger partial charge on any atom is 0.261 e. The second-order valence-corrected chi connectivity index (χ2v) is 7.65. The highest BCUT2D eigenvalue weighted by Gasteiger charge is 2.33. The second kappa shape index (κ2) is 8.65. The minimum Gasteiger partial charge on any atom is -0.481 e. The largest absolute Gasteiger partial charge is 0.481 e. The van der Waals surface area contributed by atoms with Gasteiger partial charge in [-0.15, -0.1) is 0 Å². The minimum atomic E-state index is -1.17. The predicted octanol–water partition coefficient (Wildman–Crippen LogP) is 3.94. The Bertz CT molecular complexity index is 853. The van der Waals surface area contributed by atoms with Gasteiger partial charge >= 0.3 is 0 Å². The number of nitrogens with zero attached hydrogens (tertiary/aromatic N) is 1. The van der Waals surface area contributed by atoms with E-state index in [2.05, 4.69) is 15.8 Å². The average molecular weight is 408 g/mol. The van der Waals surface area contributed by atoms with Crippen molar-refractivity contribution in [3.05, 3.63) is 40.1 Å². The van der Waals surface area contributed by atoms with E-state index < -0.39 is 17.6 Å². The molecule has 0 spiro atoms. The summed E-state index contributed by atoms with van der Waals surface area (Å²) in [5, 5.41) is 9.75. The summed E-state index contributed by atoms with van der Waals surface area (Å²) in [6.45, 7) is 10.5. The molecule has 0 fully saturated rings. The van der Waals surface area contributed by atoms with Crippen LogP contribution in [-0.2, 0) is 9.59 Å². The molecule has 1 aromatic carbocycles.